The number of thioether (sulfide) groups is 1. The molecule has 1 aliphatic heterocycles. The molecular weight excluding hydrogens is 352 g/mol. The van der Waals surface area contributed by atoms with Crippen molar-refractivity contribution in [1.29, 1.82) is 0 Å². The number of carboxylic acid groups (broad SMARTS) is 1. The number of fused-ring (bicyclic) bond motifs is 1. The Kier molecular flexibility index (Phi) is 7.08. The smallest absolute Gasteiger partial charge is 0.337 e. The van der Waals surface area contributed by atoms with E-state index in [1.165, 1.54) is 11.8 Å². The Bertz CT molecular complexity index is 678. The average Bonchev–Trinajstić information content (AvgIpc) is 2.60. The lowest BCUT2D eigenvalue weighted by Gasteiger charge is -2.30. The fourth-order valence-electron chi connectivity index (χ4n) is 2.89. The first kappa shape index (κ1) is 20.7. The maximum absolute atomic E-state index is 11.7. The Morgan fingerprint density at radius 3 is 2.85 bits per heavy atom. The fourth-order valence-corrected chi connectivity index (χ4v) is 3.53. The molecule has 0 aromatic carbocycles. The number of carboxylic acids is 1. The summed E-state index contributed by atoms with van der Waals surface area (Å²) >= 11 is 1.40. The van der Waals surface area contributed by atoms with Crippen molar-refractivity contribution in [1.82, 2.24) is 4.98 Å². The molecule has 2 atom stereocenters. The topological polar surface area (TPSA) is 106 Å². The van der Waals surface area contributed by atoms with Crippen LogP contribution in [-0.4, -0.2) is 51.4 Å². The molecule has 1 aromatic rings. The zero-order valence-corrected chi connectivity index (χ0v) is 16.4. The Hall–Kier alpha value is -1.57. The van der Waals surface area contributed by atoms with Crippen LogP contribution in [0.3, 0.4) is 0 Å². The molecule has 6 nitrogen and oxygen atoms in total. The molecule has 2 rings (SSSR count). The summed E-state index contributed by atoms with van der Waals surface area (Å²) in [4.78, 5) is 16.1. The van der Waals surface area contributed by atoms with Crippen LogP contribution in [0.15, 0.2) is 17.8 Å². The lowest BCUT2D eigenvalue weighted by molar-refractivity contribution is -0.160. The number of hydrogen-bond acceptors (Lipinski definition) is 6. The lowest BCUT2D eigenvalue weighted by Crippen LogP contribution is -2.57. The van der Waals surface area contributed by atoms with Gasteiger partial charge in [-0.05, 0) is 42.7 Å². The fraction of sp³-hybridized carbons (Fsp3) is 0.579. The highest BCUT2D eigenvalue weighted by Crippen LogP contribution is 2.32. The Balaban J connectivity index is 2.33. The molecule has 0 saturated heterocycles. The number of nitrogens with two attached hydrogens (primary N) is 1. The Morgan fingerprint density at radius 2 is 2.23 bits per heavy atom. The molecule has 2 heterocycles. The number of aliphatic hydroxyl groups is 1. The van der Waals surface area contributed by atoms with Gasteiger partial charge in [0.15, 0.2) is 5.60 Å². The normalized spacial score (nSPS) is 17.1. The zero-order chi connectivity index (χ0) is 19.3. The van der Waals surface area contributed by atoms with Crippen molar-refractivity contribution >= 4 is 23.8 Å². The van der Waals surface area contributed by atoms with E-state index < -0.39 is 17.6 Å². The van der Waals surface area contributed by atoms with Gasteiger partial charge in [0.25, 0.3) is 0 Å². The highest BCUT2D eigenvalue weighted by molar-refractivity contribution is 7.98. The first-order chi connectivity index (χ1) is 12.3. The van der Waals surface area contributed by atoms with Crippen LogP contribution in [-0.2, 0) is 11.2 Å². The maximum atomic E-state index is 11.7. The van der Waals surface area contributed by atoms with Gasteiger partial charge in [-0.15, -0.1) is 0 Å². The van der Waals surface area contributed by atoms with Crippen LogP contribution in [0.1, 0.15) is 37.9 Å². The van der Waals surface area contributed by atoms with E-state index in [-0.39, 0.29) is 6.42 Å². The number of ether oxygens (including phenoxy) is 1. The van der Waals surface area contributed by atoms with Gasteiger partial charge in [0.05, 0.1) is 11.7 Å². The van der Waals surface area contributed by atoms with Crippen molar-refractivity contribution in [2.45, 2.75) is 44.8 Å². The number of pyridine rings is 1. The molecule has 1 aromatic heterocycles. The number of aliphatic carboxylic acids is 1. The summed E-state index contributed by atoms with van der Waals surface area (Å²) in [6, 6.07) is 0.859. The van der Waals surface area contributed by atoms with Crippen molar-refractivity contribution in [3.05, 3.63) is 29.1 Å². The minimum absolute atomic E-state index is 0.162. The molecule has 0 aliphatic carbocycles. The van der Waals surface area contributed by atoms with E-state index in [1.54, 1.807) is 12.3 Å². The van der Waals surface area contributed by atoms with Gasteiger partial charge in [-0.1, -0.05) is 13.8 Å². The minimum Gasteiger partial charge on any atom is -0.488 e. The first-order valence-corrected chi connectivity index (χ1v) is 10.2. The summed E-state index contributed by atoms with van der Waals surface area (Å²) < 4.78 is 5.82. The quantitative estimate of drug-likeness (QED) is 0.604. The van der Waals surface area contributed by atoms with E-state index in [0.29, 0.717) is 29.7 Å². The second kappa shape index (κ2) is 8.88. The van der Waals surface area contributed by atoms with Crippen LogP contribution in [0.2, 0.25) is 0 Å². The standard InChI is InChI=1S/C19H28N2O4S/c1-12(2)4-5-13-8-14-15(21-7-6-16(14)25-10-13)9-19(24,18(22)23)17(20)11-26-3/h6-8,12,17,24H,4-5,9-11,20H2,1-3H3,(H,22,23)/t17?,19-/m1/s1. The van der Waals surface area contributed by atoms with Crippen LogP contribution in [0.4, 0.5) is 0 Å². The van der Waals surface area contributed by atoms with Crippen molar-refractivity contribution in [2.24, 2.45) is 11.7 Å². The van der Waals surface area contributed by atoms with Gasteiger partial charge < -0.3 is 20.7 Å². The van der Waals surface area contributed by atoms with Crippen LogP contribution in [0, 0.1) is 5.92 Å². The second-order valence-electron chi connectivity index (χ2n) is 7.16. The summed E-state index contributed by atoms with van der Waals surface area (Å²) in [6.07, 6.45) is 7.22. The molecule has 144 valence electrons. The third-order valence-corrected chi connectivity index (χ3v) is 5.30. The predicted molar refractivity (Wildman–Crippen MR) is 104 cm³/mol. The molecule has 0 radical (unpaired) electrons. The Labute approximate surface area is 158 Å². The molecular formula is C19H28N2O4S. The van der Waals surface area contributed by atoms with Crippen LogP contribution in [0.25, 0.3) is 6.08 Å². The number of hydrogen-bond donors (Lipinski definition) is 3. The first-order valence-electron chi connectivity index (χ1n) is 8.78. The average molecular weight is 381 g/mol. The van der Waals surface area contributed by atoms with E-state index in [2.05, 4.69) is 18.8 Å². The summed E-state index contributed by atoms with van der Waals surface area (Å²) in [6.45, 7) is 4.87. The number of rotatable bonds is 9. The third kappa shape index (κ3) is 4.78. The van der Waals surface area contributed by atoms with Gasteiger partial charge in [0, 0.05) is 23.9 Å². The third-order valence-electron chi connectivity index (χ3n) is 4.60. The SMILES string of the molecule is CSCC(N)[C@](O)(Cc1nccc2c1C=C(CCC(C)C)CO2)C(=O)O. The molecule has 0 bridgehead atoms. The van der Waals surface area contributed by atoms with Crippen molar-refractivity contribution < 1.29 is 19.7 Å². The Morgan fingerprint density at radius 1 is 1.50 bits per heavy atom. The molecule has 0 fully saturated rings. The molecule has 0 amide bonds. The van der Waals surface area contributed by atoms with Gasteiger partial charge >= 0.3 is 5.97 Å². The van der Waals surface area contributed by atoms with Gasteiger partial charge in [-0.3, -0.25) is 4.98 Å². The molecule has 1 aliphatic rings. The summed E-state index contributed by atoms with van der Waals surface area (Å²) in [7, 11) is 0. The van der Waals surface area contributed by atoms with Crippen LogP contribution >= 0.6 is 11.8 Å². The second-order valence-corrected chi connectivity index (χ2v) is 8.07. The molecule has 0 spiro atoms. The van der Waals surface area contributed by atoms with Crippen molar-refractivity contribution in [3.63, 3.8) is 0 Å². The molecule has 7 heteroatoms. The van der Waals surface area contributed by atoms with E-state index in [0.717, 1.165) is 24.0 Å². The van der Waals surface area contributed by atoms with E-state index in [9.17, 15) is 15.0 Å². The van der Waals surface area contributed by atoms with E-state index in [4.69, 9.17) is 10.5 Å². The molecule has 26 heavy (non-hydrogen) atoms. The van der Waals surface area contributed by atoms with Crippen LogP contribution in [0.5, 0.6) is 5.75 Å². The maximum Gasteiger partial charge on any atom is 0.337 e. The van der Waals surface area contributed by atoms with E-state index in [1.807, 2.05) is 12.3 Å². The summed E-state index contributed by atoms with van der Waals surface area (Å²) in [5.74, 6) is 0.255. The summed E-state index contributed by atoms with van der Waals surface area (Å²) in [5, 5.41) is 20.3. The summed E-state index contributed by atoms with van der Waals surface area (Å²) in [5.41, 5.74) is 6.28. The van der Waals surface area contributed by atoms with Gasteiger partial charge in [0.2, 0.25) is 0 Å². The van der Waals surface area contributed by atoms with Gasteiger partial charge in [0.1, 0.15) is 12.4 Å². The largest absolute Gasteiger partial charge is 0.488 e. The highest BCUT2D eigenvalue weighted by Gasteiger charge is 2.43. The van der Waals surface area contributed by atoms with Crippen molar-refractivity contribution in [2.75, 3.05) is 18.6 Å². The minimum atomic E-state index is -2.07. The van der Waals surface area contributed by atoms with E-state index >= 15 is 0 Å². The van der Waals surface area contributed by atoms with Crippen molar-refractivity contribution in [3.8, 4) is 5.75 Å². The highest BCUT2D eigenvalue weighted by atomic mass is 32.2. The van der Waals surface area contributed by atoms with Crippen LogP contribution < -0.4 is 10.5 Å². The molecule has 4 N–H and O–H groups in total. The number of aromatic nitrogens is 1. The monoisotopic (exact) mass is 380 g/mol. The lowest BCUT2D eigenvalue weighted by atomic mass is 9.88. The molecule has 1 unspecified atom stereocenters. The van der Waals surface area contributed by atoms with Gasteiger partial charge in [-0.2, -0.15) is 11.8 Å². The number of nitrogens with zero attached hydrogens (tertiary/aromatic N) is 1. The van der Waals surface area contributed by atoms with Gasteiger partial charge in [-0.25, -0.2) is 4.79 Å². The zero-order valence-electron chi connectivity index (χ0n) is 15.6. The molecule has 0 saturated carbocycles. The predicted octanol–water partition coefficient (Wildman–Crippen LogP) is 2.34. The number of carbonyl (C=O) groups is 1.